The highest BCUT2D eigenvalue weighted by atomic mass is 127. The standard InChI is InChI=1S/C27H32INO5/c1-26(2,3)34-25(30)29-22(17-33-27(29,4)5)24(32-16-18-10-6-8-12-21(18)28)20-14-15-31-23-13-9-7-11-19(20)23/h6-14,22,24H,15-17H2,1-5H3/t22-,24-/m0/s1. The van der Waals surface area contributed by atoms with Gasteiger partial charge in [-0.2, -0.15) is 0 Å². The lowest BCUT2D eigenvalue weighted by molar-refractivity contribution is -0.0692. The molecular formula is C27H32INO5. The zero-order chi connectivity index (χ0) is 24.5. The van der Waals surface area contributed by atoms with Gasteiger partial charge in [-0.25, -0.2) is 4.79 Å². The van der Waals surface area contributed by atoms with Crippen LogP contribution in [-0.4, -0.2) is 47.7 Å². The lowest BCUT2D eigenvalue weighted by Crippen LogP contribution is -2.54. The third kappa shape index (κ3) is 5.42. The molecule has 7 heteroatoms. The van der Waals surface area contributed by atoms with E-state index in [0.29, 0.717) is 19.8 Å². The molecule has 1 saturated heterocycles. The third-order valence-electron chi connectivity index (χ3n) is 5.88. The van der Waals surface area contributed by atoms with Gasteiger partial charge in [-0.3, -0.25) is 4.90 Å². The number of hydrogen-bond donors (Lipinski definition) is 0. The number of rotatable bonds is 5. The van der Waals surface area contributed by atoms with Gasteiger partial charge in [-0.1, -0.05) is 36.4 Å². The molecule has 2 aliphatic heterocycles. The molecule has 0 N–H and O–H groups in total. The molecule has 2 aliphatic rings. The van der Waals surface area contributed by atoms with E-state index in [4.69, 9.17) is 18.9 Å². The van der Waals surface area contributed by atoms with Gasteiger partial charge in [0, 0.05) is 9.13 Å². The molecule has 6 nitrogen and oxygen atoms in total. The molecule has 2 aromatic rings. The number of fused-ring (bicyclic) bond motifs is 1. The summed E-state index contributed by atoms with van der Waals surface area (Å²) in [4.78, 5) is 15.1. The molecule has 0 aromatic heterocycles. The lowest BCUT2D eigenvalue weighted by atomic mass is 9.92. The molecule has 0 bridgehead atoms. The number of hydrogen-bond acceptors (Lipinski definition) is 5. The van der Waals surface area contributed by atoms with Gasteiger partial charge in [-0.15, -0.1) is 0 Å². The summed E-state index contributed by atoms with van der Waals surface area (Å²) in [7, 11) is 0. The van der Waals surface area contributed by atoms with Gasteiger partial charge in [0.15, 0.2) is 0 Å². The summed E-state index contributed by atoms with van der Waals surface area (Å²) in [6.45, 7) is 10.6. The molecule has 4 rings (SSSR count). The second kappa shape index (κ2) is 9.87. The first kappa shape index (κ1) is 25.0. The third-order valence-corrected chi connectivity index (χ3v) is 6.93. The number of carbonyl (C=O) groups is 1. The predicted molar refractivity (Wildman–Crippen MR) is 140 cm³/mol. The second-order valence-corrected chi connectivity index (χ2v) is 11.1. The van der Waals surface area contributed by atoms with Crippen molar-refractivity contribution in [2.24, 2.45) is 0 Å². The van der Waals surface area contributed by atoms with Crippen LogP contribution in [0.25, 0.3) is 5.57 Å². The molecule has 0 aliphatic carbocycles. The quantitative estimate of drug-likeness (QED) is 0.407. The molecule has 0 radical (unpaired) electrons. The lowest BCUT2D eigenvalue weighted by Gasteiger charge is -2.39. The summed E-state index contributed by atoms with van der Waals surface area (Å²) in [5, 5.41) is 0. The Kier molecular flexibility index (Phi) is 7.26. The van der Waals surface area contributed by atoms with Crippen molar-refractivity contribution >= 4 is 34.3 Å². The van der Waals surface area contributed by atoms with Crippen molar-refractivity contribution in [3.8, 4) is 5.75 Å². The summed E-state index contributed by atoms with van der Waals surface area (Å²) >= 11 is 2.32. The fourth-order valence-electron chi connectivity index (χ4n) is 4.36. The van der Waals surface area contributed by atoms with Gasteiger partial charge in [0.2, 0.25) is 0 Å². The molecule has 1 amide bonds. The number of nitrogens with zero attached hydrogens (tertiary/aromatic N) is 1. The zero-order valence-corrected chi connectivity index (χ0v) is 22.5. The number of ether oxygens (including phenoxy) is 4. The Morgan fingerprint density at radius 1 is 1.18 bits per heavy atom. The molecule has 0 unspecified atom stereocenters. The molecular weight excluding hydrogens is 545 g/mol. The van der Waals surface area contributed by atoms with Crippen molar-refractivity contribution in [1.82, 2.24) is 4.90 Å². The van der Waals surface area contributed by atoms with E-state index in [1.165, 1.54) is 0 Å². The molecule has 0 spiro atoms. The van der Waals surface area contributed by atoms with Crippen molar-refractivity contribution in [3.63, 3.8) is 0 Å². The van der Waals surface area contributed by atoms with Crippen LogP contribution in [0.3, 0.4) is 0 Å². The molecule has 1 fully saturated rings. The second-order valence-electron chi connectivity index (χ2n) is 9.97. The maximum Gasteiger partial charge on any atom is 0.413 e. The van der Waals surface area contributed by atoms with E-state index in [1.54, 1.807) is 4.90 Å². The van der Waals surface area contributed by atoms with Crippen LogP contribution in [0.2, 0.25) is 0 Å². The largest absolute Gasteiger partial charge is 0.489 e. The maximum absolute atomic E-state index is 13.4. The number of para-hydroxylation sites is 1. The predicted octanol–water partition coefficient (Wildman–Crippen LogP) is 6.02. The highest BCUT2D eigenvalue weighted by Gasteiger charge is 2.50. The number of carbonyl (C=O) groups excluding carboxylic acids is 1. The first-order chi connectivity index (χ1) is 16.1. The van der Waals surface area contributed by atoms with Crippen molar-refractivity contribution < 1.29 is 23.7 Å². The molecule has 0 saturated carbocycles. The fraction of sp³-hybridized carbons (Fsp3) is 0.444. The monoisotopic (exact) mass is 577 g/mol. The van der Waals surface area contributed by atoms with Crippen molar-refractivity contribution in [1.29, 1.82) is 0 Å². The first-order valence-corrected chi connectivity index (χ1v) is 12.6. The molecule has 34 heavy (non-hydrogen) atoms. The van der Waals surface area contributed by atoms with Crippen LogP contribution in [0.1, 0.15) is 45.7 Å². The Morgan fingerprint density at radius 3 is 2.62 bits per heavy atom. The fourth-order valence-corrected chi connectivity index (χ4v) is 4.90. The van der Waals surface area contributed by atoms with Gasteiger partial charge in [-0.05, 0) is 86.6 Å². The van der Waals surface area contributed by atoms with E-state index >= 15 is 0 Å². The van der Waals surface area contributed by atoms with E-state index < -0.39 is 23.5 Å². The Hall–Kier alpha value is -2.10. The van der Waals surface area contributed by atoms with Crippen LogP contribution in [0, 0.1) is 3.57 Å². The van der Waals surface area contributed by atoms with Crippen molar-refractivity contribution in [3.05, 3.63) is 69.3 Å². The normalized spacial score (nSPS) is 20.2. The van der Waals surface area contributed by atoms with E-state index in [1.807, 2.05) is 77.1 Å². The van der Waals surface area contributed by atoms with Crippen LogP contribution in [0.15, 0.2) is 54.6 Å². The van der Waals surface area contributed by atoms with Gasteiger partial charge in [0.1, 0.15) is 29.8 Å². The summed E-state index contributed by atoms with van der Waals surface area (Å²) in [5.74, 6) is 0.810. The van der Waals surface area contributed by atoms with E-state index in [0.717, 1.165) is 26.0 Å². The van der Waals surface area contributed by atoms with Crippen molar-refractivity contribution in [2.45, 2.75) is 64.7 Å². The Labute approximate surface area is 215 Å². The van der Waals surface area contributed by atoms with Gasteiger partial charge < -0.3 is 18.9 Å². The summed E-state index contributed by atoms with van der Waals surface area (Å²) in [6.07, 6.45) is 1.20. The minimum absolute atomic E-state index is 0.336. The van der Waals surface area contributed by atoms with Gasteiger partial charge >= 0.3 is 6.09 Å². The molecule has 2 aromatic carbocycles. The summed E-state index contributed by atoms with van der Waals surface area (Å²) < 4.78 is 25.5. The number of amides is 1. The maximum atomic E-state index is 13.4. The van der Waals surface area contributed by atoms with Crippen LogP contribution >= 0.6 is 22.6 Å². The Balaban J connectivity index is 1.72. The highest BCUT2D eigenvalue weighted by Crippen LogP contribution is 2.40. The topological polar surface area (TPSA) is 57.2 Å². The van der Waals surface area contributed by atoms with Gasteiger partial charge in [0.05, 0.1) is 19.3 Å². The van der Waals surface area contributed by atoms with Crippen LogP contribution < -0.4 is 4.74 Å². The average molecular weight is 577 g/mol. The SMILES string of the molecule is CC(C)(C)OC(=O)N1[C@H]([C@@H](OCc2ccccc2I)C2=CCOc3ccccc32)COC1(C)C. The van der Waals surface area contributed by atoms with Gasteiger partial charge in [0.25, 0.3) is 0 Å². The molecule has 2 heterocycles. The van der Waals surface area contributed by atoms with Crippen LogP contribution in [0.5, 0.6) is 5.75 Å². The van der Waals surface area contributed by atoms with E-state index in [-0.39, 0.29) is 6.04 Å². The summed E-state index contributed by atoms with van der Waals surface area (Å²) in [6, 6.07) is 15.7. The molecule has 2 atom stereocenters. The number of halogens is 1. The van der Waals surface area contributed by atoms with Crippen LogP contribution in [0.4, 0.5) is 4.79 Å². The molecule has 182 valence electrons. The number of benzene rings is 2. The van der Waals surface area contributed by atoms with E-state index in [2.05, 4.69) is 34.7 Å². The Morgan fingerprint density at radius 2 is 1.88 bits per heavy atom. The Bertz CT molecular complexity index is 1070. The van der Waals surface area contributed by atoms with Crippen molar-refractivity contribution in [2.75, 3.05) is 13.2 Å². The zero-order valence-electron chi connectivity index (χ0n) is 20.3. The summed E-state index contributed by atoms with van der Waals surface area (Å²) in [5.41, 5.74) is 1.60. The first-order valence-electron chi connectivity index (χ1n) is 11.5. The highest BCUT2D eigenvalue weighted by molar-refractivity contribution is 14.1. The smallest absolute Gasteiger partial charge is 0.413 e. The minimum atomic E-state index is -0.832. The average Bonchev–Trinajstić information content (AvgIpc) is 3.09. The van der Waals surface area contributed by atoms with Crippen LogP contribution in [-0.2, 0) is 20.8 Å². The minimum Gasteiger partial charge on any atom is -0.489 e. The van der Waals surface area contributed by atoms with E-state index in [9.17, 15) is 4.79 Å².